The van der Waals surface area contributed by atoms with E-state index in [2.05, 4.69) is 4.52 Å². The van der Waals surface area contributed by atoms with Crippen molar-refractivity contribution >= 4 is 48.4 Å². The van der Waals surface area contributed by atoms with Gasteiger partial charge in [0.15, 0.2) is 6.61 Å². The van der Waals surface area contributed by atoms with Gasteiger partial charge in [0.05, 0.1) is 5.02 Å². The maximum absolute atomic E-state index is 12.2. The molecule has 0 spiro atoms. The predicted octanol–water partition coefficient (Wildman–Crippen LogP) is 5.10. The van der Waals surface area contributed by atoms with Crippen molar-refractivity contribution in [1.82, 2.24) is 0 Å². The van der Waals surface area contributed by atoms with Crippen molar-refractivity contribution in [1.29, 1.82) is 0 Å². The van der Waals surface area contributed by atoms with Crippen LogP contribution in [0.2, 0.25) is 15.1 Å². The summed E-state index contributed by atoms with van der Waals surface area (Å²) in [5.41, 5.74) is 0.250. The third-order valence-corrected chi connectivity index (χ3v) is 5.50. The monoisotopic (exact) mass is 438 g/mol. The fraction of sp³-hybridized carbons (Fsp3) is 0.188. The van der Waals surface area contributed by atoms with E-state index in [1.54, 1.807) is 0 Å². The van der Waals surface area contributed by atoms with Gasteiger partial charge < -0.3 is 18.9 Å². The maximum Gasteiger partial charge on any atom is 0.372 e. The fourth-order valence-electron chi connectivity index (χ4n) is 1.93. The Balaban J connectivity index is 2.11. The lowest BCUT2D eigenvalue weighted by molar-refractivity contribution is -0.149. The molecule has 10 heteroatoms. The molecular formula is C16H14Cl3O6P. The van der Waals surface area contributed by atoms with E-state index in [1.807, 2.05) is 0 Å². The minimum absolute atomic E-state index is 0.212. The van der Waals surface area contributed by atoms with E-state index in [0.29, 0.717) is 10.0 Å². The first-order chi connectivity index (χ1) is 12.2. The summed E-state index contributed by atoms with van der Waals surface area (Å²) in [4.78, 5) is 22.0. The summed E-state index contributed by atoms with van der Waals surface area (Å²) in [7, 11) is -3.23. The minimum atomic E-state index is -4.27. The van der Waals surface area contributed by atoms with E-state index in [9.17, 15) is 14.3 Å². The van der Waals surface area contributed by atoms with Crippen LogP contribution in [0.1, 0.15) is 11.4 Å². The van der Waals surface area contributed by atoms with Gasteiger partial charge in [-0.05, 0) is 30.3 Å². The van der Waals surface area contributed by atoms with Crippen molar-refractivity contribution < 1.29 is 28.3 Å². The third kappa shape index (κ3) is 5.61. The summed E-state index contributed by atoms with van der Waals surface area (Å²) in [6, 6.07) is 10.4. The van der Waals surface area contributed by atoms with Crippen LogP contribution in [0.4, 0.5) is 0 Å². The molecular weight excluding hydrogens is 426 g/mol. The van der Waals surface area contributed by atoms with E-state index in [1.165, 1.54) is 42.5 Å². The molecule has 2 atom stereocenters. The molecule has 0 radical (unpaired) electrons. The highest BCUT2D eigenvalue weighted by Gasteiger charge is 2.36. The second-order valence-corrected chi connectivity index (χ2v) is 8.25. The van der Waals surface area contributed by atoms with Crippen LogP contribution in [0.5, 0.6) is 5.75 Å². The molecule has 1 N–H and O–H groups in total. The molecule has 0 aliphatic rings. The van der Waals surface area contributed by atoms with Crippen LogP contribution in [0.25, 0.3) is 0 Å². The summed E-state index contributed by atoms with van der Waals surface area (Å²) >= 11 is 17.5. The number of hydrogen-bond acceptors (Lipinski definition) is 5. The van der Waals surface area contributed by atoms with Crippen molar-refractivity contribution in [2.75, 3.05) is 13.7 Å². The third-order valence-electron chi connectivity index (χ3n) is 3.20. The van der Waals surface area contributed by atoms with Crippen LogP contribution in [-0.4, -0.2) is 24.6 Å². The van der Waals surface area contributed by atoms with Crippen molar-refractivity contribution in [2.45, 2.75) is 5.85 Å². The lowest BCUT2D eigenvalue weighted by atomic mass is 10.2. The van der Waals surface area contributed by atoms with Gasteiger partial charge in [0.2, 0.25) is 5.85 Å². The number of esters is 1. The van der Waals surface area contributed by atoms with Crippen molar-refractivity contribution in [3.63, 3.8) is 0 Å². The molecule has 0 saturated carbocycles. The number of benzene rings is 2. The van der Waals surface area contributed by atoms with Crippen molar-refractivity contribution in [2.24, 2.45) is 0 Å². The Morgan fingerprint density at radius 3 is 2.31 bits per heavy atom. The second-order valence-electron chi connectivity index (χ2n) is 5.00. The maximum atomic E-state index is 12.2. The SMILES string of the molecule is COP(=O)(O)C(OC(=O)COc1ccc(Cl)cc1Cl)c1ccc(Cl)cc1. The molecule has 2 aromatic carbocycles. The van der Waals surface area contributed by atoms with Crippen LogP contribution in [0.15, 0.2) is 42.5 Å². The predicted molar refractivity (Wildman–Crippen MR) is 99.1 cm³/mol. The van der Waals surface area contributed by atoms with Crippen molar-refractivity contribution in [3.05, 3.63) is 63.1 Å². The quantitative estimate of drug-likeness (QED) is 0.477. The highest BCUT2D eigenvalue weighted by Crippen LogP contribution is 2.56. The van der Waals surface area contributed by atoms with Crippen LogP contribution < -0.4 is 4.74 Å². The number of carbonyl (C=O) groups is 1. The molecule has 0 heterocycles. The largest absolute Gasteiger partial charge is 0.480 e. The van der Waals surface area contributed by atoms with Gasteiger partial charge in [0.1, 0.15) is 5.75 Å². The molecule has 2 rings (SSSR count). The highest BCUT2D eigenvalue weighted by molar-refractivity contribution is 7.53. The fourth-order valence-corrected chi connectivity index (χ4v) is 3.51. The van der Waals surface area contributed by atoms with E-state index in [4.69, 9.17) is 44.3 Å². The van der Waals surface area contributed by atoms with Gasteiger partial charge in [-0.15, -0.1) is 0 Å². The Hall–Kier alpha value is -1.27. The molecule has 0 fully saturated rings. The van der Waals surface area contributed by atoms with Crippen LogP contribution in [0, 0.1) is 0 Å². The molecule has 0 saturated heterocycles. The molecule has 2 unspecified atom stereocenters. The Labute approximate surface area is 165 Å². The van der Waals surface area contributed by atoms with E-state index >= 15 is 0 Å². The number of carbonyl (C=O) groups excluding carboxylic acids is 1. The summed E-state index contributed by atoms with van der Waals surface area (Å²) in [5.74, 6) is -2.20. The Bertz CT molecular complexity index is 827. The molecule has 0 aliphatic heterocycles. The van der Waals surface area contributed by atoms with Crippen LogP contribution >= 0.6 is 42.4 Å². The molecule has 0 aliphatic carbocycles. The van der Waals surface area contributed by atoms with Gasteiger partial charge >= 0.3 is 13.6 Å². The zero-order chi connectivity index (χ0) is 19.3. The molecule has 26 heavy (non-hydrogen) atoms. The topological polar surface area (TPSA) is 82.1 Å². The van der Waals surface area contributed by atoms with Crippen LogP contribution in [0.3, 0.4) is 0 Å². The van der Waals surface area contributed by atoms with Gasteiger partial charge in [-0.3, -0.25) is 4.57 Å². The number of halogens is 3. The molecule has 0 aromatic heterocycles. The lowest BCUT2D eigenvalue weighted by Crippen LogP contribution is -2.19. The van der Waals surface area contributed by atoms with Gasteiger partial charge in [-0.1, -0.05) is 46.9 Å². The molecule has 0 bridgehead atoms. The number of hydrogen-bond donors (Lipinski definition) is 1. The average molecular weight is 440 g/mol. The van der Waals surface area contributed by atoms with E-state index in [0.717, 1.165) is 7.11 Å². The number of ether oxygens (including phenoxy) is 2. The molecule has 6 nitrogen and oxygen atoms in total. The minimum Gasteiger partial charge on any atom is -0.480 e. The van der Waals surface area contributed by atoms with E-state index in [-0.39, 0.29) is 16.3 Å². The second kappa shape index (κ2) is 9.09. The first-order valence-corrected chi connectivity index (χ1v) is 9.92. The zero-order valence-electron chi connectivity index (χ0n) is 13.4. The molecule has 0 amide bonds. The smallest absolute Gasteiger partial charge is 0.372 e. The number of rotatable bonds is 7. The van der Waals surface area contributed by atoms with Gasteiger partial charge in [-0.2, -0.15) is 0 Å². The van der Waals surface area contributed by atoms with E-state index < -0.39 is 26.0 Å². The first-order valence-electron chi connectivity index (χ1n) is 7.14. The highest BCUT2D eigenvalue weighted by atomic mass is 35.5. The zero-order valence-corrected chi connectivity index (χ0v) is 16.6. The van der Waals surface area contributed by atoms with Gasteiger partial charge in [0, 0.05) is 22.7 Å². The summed E-state index contributed by atoms with van der Waals surface area (Å²) < 4.78 is 27.2. The van der Waals surface area contributed by atoms with Gasteiger partial charge in [-0.25, -0.2) is 4.79 Å². The summed E-state index contributed by atoms with van der Waals surface area (Å²) in [5, 5.41) is 1.04. The molecule has 140 valence electrons. The Morgan fingerprint density at radius 2 is 1.73 bits per heavy atom. The lowest BCUT2D eigenvalue weighted by Gasteiger charge is -2.22. The first kappa shape index (κ1) is 21.0. The Morgan fingerprint density at radius 1 is 1.12 bits per heavy atom. The summed E-state index contributed by atoms with van der Waals surface area (Å²) in [6.07, 6.45) is 0. The van der Waals surface area contributed by atoms with Crippen LogP contribution in [-0.2, 0) is 18.6 Å². The Kier molecular flexibility index (Phi) is 7.35. The molecule has 2 aromatic rings. The normalized spacial score (nSPS) is 14.3. The van der Waals surface area contributed by atoms with Gasteiger partial charge in [0.25, 0.3) is 0 Å². The summed E-state index contributed by atoms with van der Waals surface area (Å²) in [6.45, 7) is -0.533. The average Bonchev–Trinajstić information content (AvgIpc) is 2.59. The van der Waals surface area contributed by atoms with Crippen molar-refractivity contribution in [3.8, 4) is 5.75 Å². The standard InChI is InChI=1S/C16H14Cl3O6P/c1-23-26(21,22)16(10-2-4-11(17)5-3-10)25-15(20)9-24-14-7-6-12(18)8-13(14)19/h2-8,16H,9H2,1H3,(H,21,22).